The molecule has 38 heavy (non-hydrogen) atoms. The molecule has 5 aliphatic carbocycles. The monoisotopic (exact) mass is 538 g/mol. The topological polar surface area (TPSA) is 87.0 Å². The van der Waals surface area contributed by atoms with E-state index in [1.54, 1.807) is 6.26 Å². The van der Waals surface area contributed by atoms with Gasteiger partial charge in [-0.1, -0.05) is 60.1 Å². The maximum Gasteiger partial charge on any atom is 0.178 e. The first kappa shape index (κ1) is 27.8. The number of fused-ring (bicyclic) bond motifs is 7. The molecule has 5 aliphatic rings. The lowest BCUT2D eigenvalue weighted by Gasteiger charge is -2.69. The summed E-state index contributed by atoms with van der Waals surface area (Å²) in [5.41, 5.74) is -0.591. The molecular weight excluding hydrogens is 492 g/mol. The van der Waals surface area contributed by atoms with Gasteiger partial charge in [0.25, 0.3) is 0 Å². The lowest BCUT2D eigenvalue weighted by molar-refractivity contribution is -0.159. The number of Topliss-reactive ketones (excluding diaryl/α,β-unsaturated/α-hetero) is 1. The van der Waals surface area contributed by atoms with Crippen molar-refractivity contribution >= 4 is 27.1 Å². The minimum atomic E-state index is -2.45. The summed E-state index contributed by atoms with van der Waals surface area (Å²) >= 11 is 0. The van der Waals surface area contributed by atoms with E-state index in [-0.39, 0.29) is 56.7 Å². The van der Waals surface area contributed by atoms with Gasteiger partial charge in [-0.15, -0.1) is 0 Å². The average molecular weight is 539 g/mol. The Hall–Kier alpha value is -1.71. The summed E-state index contributed by atoms with van der Waals surface area (Å²) in [6, 6.07) is 2.18. The number of nitrogens with zero attached hydrogens (tertiary/aromatic N) is 1. The van der Waals surface area contributed by atoms with Crippen molar-refractivity contribution < 1.29 is 13.8 Å². The van der Waals surface area contributed by atoms with Crippen LogP contribution in [-0.2, 0) is 19.3 Å². The van der Waals surface area contributed by atoms with Gasteiger partial charge in [-0.2, -0.15) is 5.26 Å². The molecule has 0 spiro atoms. The summed E-state index contributed by atoms with van der Waals surface area (Å²) in [6.45, 7) is 15.4. The fourth-order valence-corrected chi connectivity index (χ4v) is 11.5. The van der Waals surface area contributed by atoms with Gasteiger partial charge in [0.1, 0.15) is 6.07 Å². The minimum Gasteiger partial charge on any atom is -0.295 e. The first-order valence-electron chi connectivity index (χ1n) is 14.3. The highest BCUT2D eigenvalue weighted by Gasteiger charge is 2.70. The first-order valence-corrected chi connectivity index (χ1v) is 16.5. The van der Waals surface area contributed by atoms with E-state index in [0.717, 1.165) is 50.5 Å². The molecule has 0 aliphatic heterocycles. The summed E-state index contributed by atoms with van der Waals surface area (Å²) in [5.74, 6) is 4.00. The molecule has 4 unspecified atom stereocenters. The van der Waals surface area contributed by atoms with Crippen LogP contribution < -0.4 is 4.72 Å². The Morgan fingerprint density at radius 3 is 2.26 bits per heavy atom. The second-order valence-corrected chi connectivity index (χ2v) is 17.7. The Balaban J connectivity index is 1.70. The minimum absolute atomic E-state index is 0.0424. The SMILES string of the molecule is C=S(C)(=O)N[C@]12CCC(C)(C)CC1C1C(=O)C=C3[C@@]4(C)C=C(C#N)C(=O)C(C)(C)C4CC[C@@]3(C)[C@]1(C)CC2. The van der Waals surface area contributed by atoms with E-state index < -0.39 is 20.5 Å². The van der Waals surface area contributed by atoms with Gasteiger partial charge < -0.3 is 0 Å². The number of hydrogen-bond acceptors (Lipinski definition) is 4. The van der Waals surface area contributed by atoms with Gasteiger partial charge in [0.15, 0.2) is 11.6 Å². The first-order chi connectivity index (χ1) is 17.3. The zero-order chi connectivity index (χ0) is 28.3. The number of hydrogen-bond donors (Lipinski definition) is 1. The molecule has 5 nitrogen and oxygen atoms in total. The van der Waals surface area contributed by atoms with E-state index in [9.17, 15) is 19.1 Å². The molecule has 3 fully saturated rings. The van der Waals surface area contributed by atoms with Crippen molar-refractivity contribution in [3.8, 4) is 6.07 Å². The fourth-order valence-electron chi connectivity index (χ4n) is 10.2. The molecule has 0 aromatic carbocycles. The van der Waals surface area contributed by atoms with Crippen LogP contribution in [0.3, 0.4) is 0 Å². The molecule has 208 valence electrons. The predicted molar refractivity (Wildman–Crippen MR) is 154 cm³/mol. The highest BCUT2D eigenvalue weighted by molar-refractivity contribution is 7.97. The van der Waals surface area contributed by atoms with E-state index in [4.69, 9.17) is 0 Å². The normalized spacial score (nSPS) is 46.7. The maximum absolute atomic E-state index is 14.5. The van der Waals surface area contributed by atoms with E-state index in [1.165, 1.54) is 0 Å². The lowest BCUT2D eigenvalue weighted by atomic mass is 9.35. The van der Waals surface area contributed by atoms with Crippen LogP contribution in [0.5, 0.6) is 0 Å². The number of nitrogens with one attached hydrogen (secondary N) is 1. The second kappa shape index (κ2) is 7.94. The number of rotatable bonds is 2. The van der Waals surface area contributed by atoms with E-state index >= 15 is 0 Å². The van der Waals surface area contributed by atoms with Crippen molar-refractivity contribution in [3.63, 3.8) is 0 Å². The molecular formula is C32H46N2O3S. The Morgan fingerprint density at radius 2 is 1.66 bits per heavy atom. The molecule has 0 amide bonds. The van der Waals surface area contributed by atoms with Crippen molar-refractivity contribution in [2.24, 2.45) is 44.8 Å². The van der Waals surface area contributed by atoms with Crippen LogP contribution in [-0.4, -0.2) is 33.4 Å². The third kappa shape index (κ3) is 3.56. The summed E-state index contributed by atoms with van der Waals surface area (Å²) in [4.78, 5) is 27.7. The molecule has 0 saturated heterocycles. The van der Waals surface area contributed by atoms with Crippen molar-refractivity contribution in [1.82, 2.24) is 4.72 Å². The van der Waals surface area contributed by atoms with Crippen LogP contribution in [0.1, 0.15) is 93.4 Å². The maximum atomic E-state index is 14.5. The average Bonchev–Trinajstić information content (AvgIpc) is 2.78. The van der Waals surface area contributed by atoms with Gasteiger partial charge in [0.2, 0.25) is 0 Å². The van der Waals surface area contributed by atoms with Gasteiger partial charge in [0.05, 0.1) is 5.57 Å². The van der Waals surface area contributed by atoms with E-state index in [2.05, 4.69) is 51.3 Å². The van der Waals surface area contributed by atoms with Gasteiger partial charge in [-0.3, -0.25) is 13.8 Å². The molecule has 5 rings (SSSR count). The van der Waals surface area contributed by atoms with E-state index in [0.29, 0.717) is 0 Å². The zero-order valence-corrected chi connectivity index (χ0v) is 25.4. The van der Waals surface area contributed by atoms with Crippen molar-refractivity contribution in [1.29, 1.82) is 5.26 Å². The fraction of sp³-hybridized carbons (Fsp3) is 0.750. The molecule has 0 radical (unpaired) electrons. The molecule has 6 heteroatoms. The molecule has 0 aromatic rings. The van der Waals surface area contributed by atoms with Gasteiger partial charge >= 0.3 is 0 Å². The van der Waals surface area contributed by atoms with Crippen molar-refractivity contribution in [2.75, 3.05) is 6.26 Å². The highest BCUT2D eigenvalue weighted by Crippen LogP contribution is 2.73. The Labute approximate surface area is 230 Å². The van der Waals surface area contributed by atoms with Crippen LogP contribution >= 0.6 is 0 Å². The molecule has 0 bridgehead atoms. The van der Waals surface area contributed by atoms with Crippen molar-refractivity contribution in [3.05, 3.63) is 23.3 Å². The van der Waals surface area contributed by atoms with Crippen LogP contribution in [0.15, 0.2) is 23.3 Å². The summed E-state index contributed by atoms with van der Waals surface area (Å²) in [6.07, 6.45) is 11.9. The van der Waals surface area contributed by atoms with Crippen LogP contribution in [0.4, 0.5) is 0 Å². The van der Waals surface area contributed by atoms with Crippen LogP contribution in [0.2, 0.25) is 0 Å². The summed E-state index contributed by atoms with van der Waals surface area (Å²) in [7, 11) is -2.45. The third-order valence-electron chi connectivity index (χ3n) is 12.3. The number of carbonyl (C=O) groups is 2. The number of nitriles is 1. The summed E-state index contributed by atoms with van der Waals surface area (Å²) in [5, 5.41) is 9.89. The second-order valence-electron chi connectivity index (χ2n) is 15.5. The van der Waals surface area contributed by atoms with Crippen LogP contribution in [0, 0.1) is 56.2 Å². The molecule has 8 atom stereocenters. The molecule has 0 aromatic heterocycles. The highest BCUT2D eigenvalue weighted by atomic mass is 32.2. The molecule has 1 N–H and O–H groups in total. The Morgan fingerprint density at radius 1 is 1.03 bits per heavy atom. The van der Waals surface area contributed by atoms with Crippen LogP contribution in [0.25, 0.3) is 0 Å². The smallest absolute Gasteiger partial charge is 0.178 e. The predicted octanol–water partition coefficient (Wildman–Crippen LogP) is 5.81. The molecule has 0 heterocycles. The zero-order valence-electron chi connectivity index (χ0n) is 24.6. The largest absolute Gasteiger partial charge is 0.295 e. The quantitative estimate of drug-likeness (QED) is 0.450. The van der Waals surface area contributed by atoms with Gasteiger partial charge in [-0.25, -0.2) is 4.72 Å². The molecule has 3 saturated carbocycles. The number of ketones is 2. The summed E-state index contributed by atoms with van der Waals surface area (Å²) < 4.78 is 16.6. The number of allylic oxidation sites excluding steroid dienone is 4. The lowest BCUT2D eigenvalue weighted by Crippen LogP contribution is -2.69. The standard InChI is InChI=1S/C32H46N2O3S/c1-27(2)12-14-32(34-38(8,9)37)15-13-31(7)25(21(32)18-27)22(35)16-24-29(5)17-20(19-33)26(36)28(3,4)23(29)10-11-30(24,31)6/h16-17,21,23,25H,8,10-15,18H2,1-7,9H3,(H,34,37)/t21?,23?,25?,29-,30+,31+,32-,38?/m0/s1. The Kier molecular flexibility index (Phi) is 5.82. The van der Waals surface area contributed by atoms with Gasteiger partial charge in [-0.05, 0) is 85.0 Å². The third-order valence-corrected chi connectivity index (χ3v) is 13.1. The number of carbonyl (C=O) groups excluding carboxylic acids is 2. The van der Waals surface area contributed by atoms with Gasteiger partial charge in [0, 0.05) is 38.3 Å². The van der Waals surface area contributed by atoms with E-state index in [1.807, 2.05) is 26.0 Å². The van der Waals surface area contributed by atoms with Crippen molar-refractivity contribution in [2.45, 2.75) is 99.0 Å². The Bertz CT molecular complexity index is 1330.